The largest absolute Gasteiger partial charge is 0.303 e. The molecule has 2 nitrogen and oxygen atoms in total. The summed E-state index contributed by atoms with van der Waals surface area (Å²) < 4.78 is 23.6. The first-order valence-corrected chi connectivity index (χ1v) is 3.70. The molecule has 0 amide bonds. The smallest absolute Gasteiger partial charge is 0.251 e. The molecule has 1 aliphatic heterocycles. The van der Waals surface area contributed by atoms with E-state index < -0.39 is 6.43 Å². The molecule has 0 radical (unpaired) electrons. The lowest BCUT2D eigenvalue weighted by atomic mass is 10.0. The van der Waals surface area contributed by atoms with E-state index in [0.717, 1.165) is 12.7 Å². The van der Waals surface area contributed by atoms with Gasteiger partial charge >= 0.3 is 0 Å². The van der Waals surface area contributed by atoms with Crippen LogP contribution in [0.2, 0.25) is 0 Å². The zero-order valence-corrected chi connectivity index (χ0v) is 6.17. The Morgan fingerprint density at radius 3 is 2.73 bits per heavy atom. The number of carbonyl (C=O) groups excluding carboxylic acids is 1. The Balaban J connectivity index is 2.20. The minimum Gasteiger partial charge on any atom is -0.303 e. The average Bonchev–Trinajstić information content (AvgIpc) is 1.93. The van der Waals surface area contributed by atoms with Crippen LogP contribution in [0.25, 0.3) is 0 Å². The van der Waals surface area contributed by atoms with Gasteiger partial charge in [0.05, 0.1) is 6.54 Å². The van der Waals surface area contributed by atoms with Crippen molar-refractivity contribution in [3.8, 4) is 0 Å². The summed E-state index contributed by atoms with van der Waals surface area (Å²) in [6.45, 7) is 0.529. The number of likely N-dealkylation sites (tertiary alicyclic amines) is 1. The van der Waals surface area contributed by atoms with E-state index in [0.29, 0.717) is 13.0 Å². The van der Waals surface area contributed by atoms with Crippen molar-refractivity contribution in [3.05, 3.63) is 0 Å². The number of alkyl halides is 2. The van der Waals surface area contributed by atoms with Crippen molar-refractivity contribution in [2.45, 2.75) is 25.3 Å². The highest BCUT2D eigenvalue weighted by atomic mass is 19.3. The molecule has 1 unspecified atom stereocenters. The van der Waals surface area contributed by atoms with E-state index in [4.69, 9.17) is 0 Å². The molecule has 0 aromatic heterocycles. The molecule has 0 aliphatic carbocycles. The lowest BCUT2D eigenvalue weighted by Crippen LogP contribution is -2.49. The van der Waals surface area contributed by atoms with Gasteiger partial charge in [0, 0.05) is 19.0 Å². The van der Waals surface area contributed by atoms with Crippen LogP contribution in [0, 0.1) is 0 Å². The van der Waals surface area contributed by atoms with Crippen LogP contribution >= 0.6 is 0 Å². The minimum absolute atomic E-state index is 0.0847. The minimum atomic E-state index is -2.27. The molecule has 1 saturated heterocycles. The Bertz CT molecular complexity index is 140. The van der Waals surface area contributed by atoms with Gasteiger partial charge in [-0.05, 0) is 6.42 Å². The van der Waals surface area contributed by atoms with Gasteiger partial charge in [-0.15, -0.1) is 0 Å². The molecule has 64 valence electrons. The number of hydrogen-bond donors (Lipinski definition) is 0. The second-order valence-corrected chi connectivity index (χ2v) is 2.73. The number of carbonyl (C=O) groups is 1. The number of aldehydes is 1. The van der Waals surface area contributed by atoms with Crippen molar-refractivity contribution in [2.24, 2.45) is 0 Å². The molecule has 0 N–H and O–H groups in total. The fourth-order valence-corrected chi connectivity index (χ4v) is 1.29. The van der Waals surface area contributed by atoms with Crippen LogP contribution in [0.1, 0.15) is 12.8 Å². The van der Waals surface area contributed by atoms with E-state index >= 15 is 0 Å². The molecule has 0 bridgehead atoms. The van der Waals surface area contributed by atoms with Crippen molar-refractivity contribution < 1.29 is 13.6 Å². The maximum atomic E-state index is 11.8. The molecule has 4 heteroatoms. The van der Waals surface area contributed by atoms with Crippen molar-refractivity contribution in [2.75, 3.05) is 13.1 Å². The van der Waals surface area contributed by atoms with Gasteiger partial charge in [-0.25, -0.2) is 8.78 Å². The molecule has 1 heterocycles. The van der Waals surface area contributed by atoms with Crippen LogP contribution in [0.15, 0.2) is 0 Å². The monoisotopic (exact) mass is 163 g/mol. The Morgan fingerprint density at radius 2 is 2.36 bits per heavy atom. The second kappa shape index (κ2) is 3.76. The Labute approximate surface area is 64.2 Å². The zero-order chi connectivity index (χ0) is 8.27. The third-order valence-electron chi connectivity index (χ3n) is 2.01. The fraction of sp³-hybridized carbons (Fsp3) is 0.857. The van der Waals surface area contributed by atoms with Crippen LogP contribution in [-0.4, -0.2) is 36.7 Å². The van der Waals surface area contributed by atoms with Gasteiger partial charge in [-0.1, -0.05) is 0 Å². The molecule has 0 aromatic carbocycles. The normalized spacial score (nSPS) is 25.2. The van der Waals surface area contributed by atoms with Gasteiger partial charge < -0.3 is 4.79 Å². The summed E-state index contributed by atoms with van der Waals surface area (Å²) in [5.41, 5.74) is 0. The predicted molar refractivity (Wildman–Crippen MR) is 36.7 cm³/mol. The highest BCUT2D eigenvalue weighted by Crippen LogP contribution is 2.20. The lowest BCUT2D eigenvalue weighted by Gasteiger charge is -2.39. The van der Waals surface area contributed by atoms with Crippen LogP contribution in [0.5, 0.6) is 0 Å². The summed E-state index contributed by atoms with van der Waals surface area (Å²) in [5, 5.41) is 0. The number of hydrogen-bond acceptors (Lipinski definition) is 2. The maximum Gasteiger partial charge on any atom is 0.251 e. The average molecular weight is 163 g/mol. The summed E-state index contributed by atoms with van der Waals surface area (Å²) in [4.78, 5) is 11.7. The van der Waals surface area contributed by atoms with Gasteiger partial charge in [0.2, 0.25) is 0 Å². The van der Waals surface area contributed by atoms with Crippen LogP contribution < -0.4 is 0 Å². The third-order valence-corrected chi connectivity index (χ3v) is 2.01. The Hall–Kier alpha value is -0.510. The number of rotatable bonds is 4. The quantitative estimate of drug-likeness (QED) is 0.574. The molecule has 0 saturated carbocycles. The summed E-state index contributed by atoms with van der Waals surface area (Å²) >= 11 is 0. The SMILES string of the molecule is O=CCC1CCN1CC(F)F. The molecule has 1 atom stereocenters. The maximum absolute atomic E-state index is 11.8. The highest BCUT2D eigenvalue weighted by Gasteiger charge is 2.29. The molecule has 1 rings (SSSR count). The Morgan fingerprint density at radius 1 is 1.64 bits per heavy atom. The van der Waals surface area contributed by atoms with Crippen LogP contribution in [-0.2, 0) is 4.79 Å². The summed E-state index contributed by atoms with van der Waals surface area (Å²) in [5.74, 6) is 0. The molecule has 1 fully saturated rings. The van der Waals surface area contributed by atoms with Crippen LogP contribution in [0.4, 0.5) is 8.78 Å². The lowest BCUT2D eigenvalue weighted by molar-refractivity contribution is -0.110. The molecule has 0 spiro atoms. The first-order chi connectivity index (χ1) is 5.24. The van der Waals surface area contributed by atoms with E-state index in [2.05, 4.69) is 0 Å². The summed E-state index contributed by atoms with van der Waals surface area (Å²) in [6.07, 6.45) is -0.204. The van der Waals surface area contributed by atoms with Gasteiger partial charge in [-0.3, -0.25) is 4.90 Å². The van der Waals surface area contributed by atoms with Crippen molar-refractivity contribution >= 4 is 6.29 Å². The predicted octanol–water partition coefficient (Wildman–Crippen LogP) is 0.915. The summed E-state index contributed by atoms with van der Waals surface area (Å²) in [6, 6.07) is 0.0847. The van der Waals surface area contributed by atoms with Gasteiger partial charge in [0.15, 0.2) is 0 Å². The first-order valence-electron chi connectivity index (χ1n) is 3.70. The van der Waals surface area contributed by atoms with Crippen molar-refractivity contribution in [1.82, 2.24) is 4.90 Å². The van der Waals surface area contributed by atoms with Crippen molar-refractivity contribution in [1.29, 1.82) is 0 Å². The fourth-order valence-electron chi connectivity index (χ4n) is 1.29. The van der Waals surface area contributed by atoms with Gasteiger partial charge in [-0.2, -0.15) is 0 Å². The van der Waals surface area contributed by atoms with E-state index in [1.165, 1.54) is 0 Å². The summed E-state index contributed by atoms with van der Waals surface area (Å²) in [7, 11) is 0. The van der Waals surface area contributed by atoms with E-state index in [1.54, 1.807) is 4.90 Å². The molecule has 11 heavy (non-hydrogen) atoms. The van der Waals surface area contributed by atoms with E-state index in [1.807, 2.05) is 0 Å². The first kappa shape index (κ1) is 8.59. The molecule has 0 aromatic rings. The topological polar surface area (TPSA) is 20.3 Å². The second-order valence-electron chi connectivity index (χ2n) is 2.73. The van der Waals surface area contributed by atoms with E-state index in [-0.39, 0.29) is 12.6 Å². The van der Waals surface area contributed by atoms with Crippen LogP contribution in [0.3, 0.4) is 0 Å². The van der Waals surface area contributed by atoms with Crippen molar-refractivity contribution in [3.63, 3.8) is 0 Å². The molecular formula is C7H11F2NO. The number of nitrogens with zero attached hydrogens (tertiary/aromatic N) is 1. The molecule has 1 aliphatic rings. The van der Waals surface area contributed by atoms with E-state index in [9.17, 15) is 13.6 Å². The number of halogens is 2. The van der Waals surface area contributed by atoms with Gasteiger partial charge in [0.25, 0.3) is 6.43 Å². The van der Waals surface area contributed by atoms with Gasteiger partial charge in [0.1, 0.15) is 6.29 Å². The zero-order valence-electron chi connectivity index (χ0n) is 6.17. The highest BCUT2D eigenvalue weighted by molar-refractivity contribution is 5.50. The third kappa shape index (κ3) is 2.22. The standard InChI is InChI=1S/C7H11F2NO/c8-7(9)5-10-3-1-6(10)2-4-11/h4,6-7H,1-3,5H2. The molecular weight excluding hydrogens is 152 g/mol. The Kier molecular flexibility index (Phi) is 2.93.